The van der Waals surface area contributed by atoms with Crippen LogP contribution < -0.4 is 0 Å². The lowest BCUT2D eigenvalue weighted by molar-refractivity contribution is -0.140. The highest BCUT2D eigenvalue weighted by atomic mass is 16.5. The third-order valence-electron chi connectivity index (χ3n) is 6.90. The molecule has 2 aromatic rings. The molecule has 6 nitrogen and oxygen atoms in total. The molecule has 3 saturated heterocycles. The monoisotopic (exact) mass is 394 g/mol. The largest absolute Gasteiger partial charge is 0.381 e. The Labute approximate surface area is 172 Å². The summed E-state index contributed by atoms with van der Waals surface area (Å²) in [5, 5.41) is 4.31. The van der Waals surface area contributed by atoms with E-state index in [4.69, 9.17) is 4.74 Å². The van der Waals surface area contributed by atoms with Gasteiger partial charge in [-0.1, -0.05) is 30.3 Å². The molecular formula is C23H30N4O2. The molecule has 3 fully saturated rings. The molecule has 0 spiro atoms. The molecule has 0 radical (unpaired) electrons. The Kier molecular flexibility index (Phi) is 5.14. The van der Waals surface area contributed by atoms with Gasteiger partial charge in [0.1, 0.15) is 0 Å². The minimum Gasteiger partial charge on any atom is -0.381 e. The van der Waals surface area contributed by atoms with Crippen molar-refractivity contribution >= 4 is 5.91 Å². The molecule has 0 unspecified atom stereocenters. The van der Waals surface area contributed by atoms with Gasteiger partial charge >= 0.3 is 0 Å². The smallest absolute Gasteiger partial charge is 0.226 e. The van der Waals surface area contributed by atoms with Gasteiger partial charge in [-0.2, -0.15) is 5.10 Å². The van der Waals surface area contributed by atoms with Crippen LogP contribution in [0.15, 0.2) is 42.7 Å². The predicted octanol–water partition coefficient (Wildman–Crippen LogP) is 2.48. The maximum atomic E-state index is 13.4. The summed E-state index contributed by atoms with van der Waals surface area (Å²) in [6.45, 7) is 5.34. The van der Waals surface area contributed by atoms with Crippen molar-refractivity contribution in [2.75, 3.05) is 32.8 Å². The lowest BCUT2D eigenvalue weighted by Gasteiger charge is -2.33. The van der Waals surface area contributed by atoms with Gasteiger partial charge in [-0.15, -0.1) is 0 Å². The van der Waals surface area contributed by atoms with Gasteiger partial charge in [-0.05, 0) is 24.3 Å². The number of amides is 1. The average molecular weight is 395 g/mol. The zero-order valence-corrected chi connectivity index (χ0v) is 17.1. The van der Waals surface area contributed by atoms with E-state index in [2.05, 4.69) is 51.4 Å². The van der Waals surface area contributed by atoms with Crippen LogP contribution in [0.3, 0.4) is 0 Å². The maximum Gasteiger partial charge on any atom is 0.226 e. The summed E-state index contributed by atoms with van der Waals surface area (Å²) in [7, 11) is 1.97. The molecule has 6 heteroatoms. The quantitative estimate of drug-likeness (QED) is 0.800. The molecule has 154 valence electrons. The molecule has 0 N–H and O–H groups in total. The highest BCUT2D eigenvalue weighted by Gasteiger charge is 2.49. The summed E-state index contributed by atoms with van der Waals surface area (Å²) in [4.78, 5) is 18.2. The van der Waals surface area contributed by atoms with Gasteiger partial charge in [0.05, 0.1) is 12.2 Å². The zero-order chi connectivity index (χ0) is 19.8. The van der Waals surface area contributed by atoms with E-state index in [9.17, 15) is 4.79 Å². The van der Waals surface area contributed by atoms with E-state index in [0.717, 1.165) is 39.0 Å². The highest BCUT2D eigenvalue weighted by molar-refractivity contribution is 5.80. The molecule has 3 aliphatic rings. The predicted molar refractivity (Wildman–Crippen MR) is 110 cm³/mol. The van der Waals surface area contributed by atoms with Gasteiger partial charge in [-0.25, -0.2) is 0 Å². The number of carbonyl (C=O) groups excluding carboxylic acids is 1. The fourth-order valence-corrected chi connectivity index (χ4v) is 5.56. The van der Waals surface area contributed by atoms with Crippen molar-refractivity contribution in [3.63, 3.8) is 0 Å². The number of rotatable bonds is 4. The first-order valence-corrected chi connectivity index (χ1v) is 10.8. The molecule has 0 saturated carbocycles. The van der Waals surface area contributed by atoms with Crippen molar-refractivity contribution in [2.45, 2.75) is 25.4 Å². The van der Waals surface area contributed by atoms with Crippen LogP contribution in [-0.4, -0.2) is 58.3 Å². The Morgan fingerprint density at radius 3 is 2.66 bits per heavy atom. The normalized spacial score (nSPS) is 28.0. The summed E-state index contributed by atoms with van der Waals surface area (Å²) in [5.74, 6) is 1.51. The van der Waals surface area contributed by atoms with Crippen molar-refractivity contribution < 1.29 is 9.53 Å². The summed E-state index contributed by atoms with van der Waals surface area (Å²) in [6.07, 6.45) is 5.78. The van der Waals surface area contributed by atoms with Crippen LogP contribution in [0.5, 0.6) is 0 Å². The third kappa shape index (κ3) is 3.71. The van der Waals surface area contributed by atoms with Gasteiger partial charge in [0.25, 0.3) is 0 Å². The van der Waals surface area contributed by atoms with Crippen LogP contribution in [0.4, 0.5) is 0 Å². The van der Waals surface area contributed by atoms with Crippen LogP contribution in [0.1, 0.15) is 30.0 Å². The Balaban J connectivity index is 1.36. The number of hydrogen-bond donors (Lipinski definition) is 0. The van der Waals surface area contributed by atoms with Gasteiger partial charge in [-0.3, -0.25) is 14.4 Å². The fourth-order valence-electron chi connectivity index (χ4n) is 5.56. The molecule has 29 heavy (non-hydrogen) atoms. The molecule has 4 heterocycles. The average Bonchev–Trinajstić information content (AvgIpc) is 3.43. The van der Waals surface area contributed by atoms with E-state index in [1.54, 1.807) is 0 Å². The third-order valence-corrected chi connectivity index (χ3v) is 6.90. The van der Waals surface area contributed by atoms with Crippen LogP contribution >= 0.6 is 0 Å². The van der Waals surface area contributed by atoms with Crippen molar-refractivity contribution in [3.8, 4) is 0 Å². The first-order valence-electron chi connectivity index (χ1n) is 10.8. The second kappa shape index (κ2) is 7.92. The fraction of sp³-hybridized carbons (Fsp3) is 0.565. The number of fused-ring (bicyclic) bond motifs is 1. The van der Waals surface area contributed by atoms with Gasteiger partial charge in [0.15, 0.2) is 0 Å². The SMILES string of the molecule is Cn1cc(CN2C[C@H]3CN(C(=O)C4CCOCC4)[C@H](c4ccccc4)[C@H]3C2)cn1. The van der Waals surface area contributed by atoms with E-state index >= 15 is 0 Å². The Hall–Kier alpha value is -2.18. The lowest BCUT2D eigenvalue weighted by Crippen LogP contribution is -2.40. The van der Waals surface area contributed by atoms with Gasteiger partial charge in [0.2, 0.25) is 5.91 Å². The number of aryl methyl sites for hydroxylation is 1. The van der Waals surface area contributed by atoms with E-state index in [-0.39, 0.29) is 12.0 Å². The van der Waals surface area contributed by atoms with Crippen LogP contribution in [0, 0.1) is 17.8 Å². The van der Waals surface area contributed by atoms with E-state index in [1.807, 2.05) is 17.9 Å². The molecule has 1 aromatic heterocycles. The number of aromatic nitrogens is 2. The minimum atomic E-state index is 0.125. The molecule has 5 rings (SSSR count). The van der Waals surface area contributed by atoms with Crippen LogP contribution in [0.25, 0.3) is 0 Å². The van der Waals surface area contributed by atoms with Crippen LogP contribution in [0.2, 0.25) is 0 Å². The number of hydrogen-bond acceptors (Lipinski definition) is 4. The van der Waals surface area contributed by atoms with Crippen LogP contribution in [-0.2, 0) is 23.1 Å². The summed E-state index contributed by atoms with van der Waals surface area (Å²) >= 11 is 0. The second-order valence-electron chi connectivity index (χ2n) is 8.87. The van der Waals surface area contributed by atoms with Gasteiger partial charge in [0, 0.05) is 70.0 Å². The molecule has 0 bridgehead atoms. The zero-order valence-electron chi connectivity index (χ0n) is 17.1. The molecular weight excluding hydrogens is 364 g/mol. The molecule has 0 aliphatic carbocycles. The van der Waals surface area contributed by atoms with Crippen molar-refractivity contribution in [2.24, 2.45) is 24.8 Å². The Morgan fingerprint density at radius 1 is 1.14 bits per heavy atom. The van der Waals surface area contributed by atoms with Crippen molar-refractivity contribution in [3.05, 3.63) is 53.9 Å². The molecule has 3 atom stereocenters. The molecule has 3 aliphatic heterocycles. The topological polar surface area (TPSA) is 50.6 Å². The first-order chi connectivity index (χ1) is 14.2. The Morgan fingerprint density at radius 2 is 1.93 bits per heavy atom. The number of ether oxygens (including phenoxy) is 1. The molecule has 1 amide bonds. The standard InChI is InChI=1S/C23H30N4O2/c1-25-12-17(11-24-25)13-26-14-20-15-27(23(28)19-7-9-29-10-8-19)22(21(20)16-26)18-5-3-2-4-6-18/h2-6,11-12,19-22H,7-10,13-16H2,1H3/t20-,21-,22+/m0/s1. The summed E-state index contributed by atoms with van der Waals surface area (Å²) in [6, 6.07) is 10.8. The first kappa shape index (κ1) is 18.8. The van der Waals surface area contributed by atoms with Crippen molar-refractivity contribution in [1.82, 2.24) is 19.6 Å². The number of nitrogens with zero attached hydrogens (tertiary/aromatic N) is 4. The minimum absolute atomic E-state index is 0.125. The molecule has 1 aromatic carbocycles. The Bertz CT molecular complexity index is 846. The highest BCUT2D eigenvalue weighted by Crippen LogP contribution is 2.46. The summed E-state index contributed by atoms with van der Waals surface area (Å²) in [5.41, 5.74) is 2.54. The van der Waals surface area contributed by atoms with Crippen molar-refractivity contribution in [1.29, 1.82) is 0 Å². The number of carbonyl (C=O) groups is 1. The van der Waals surface area contributed by atoms with E-state index in [1.165, 1.54) is 11.1 Å². The van der Waals surface area contributed by atoms with E-state index in [0.29, 0.717) is 31.0 Å². The van der Waals surface area contributed by atoms with Gasteiger partial charge < -0.3 is 9.64 Å². The van der Waals surface area contributed by atoms with E-state index < -0.39 is 0 Å². The maximum absolute atomic E-state index is 13.4. The second-order valence-corrected chi connectivity index (χ2v) is 8.87. The lowest BCUT2D eigenvalue weighted by atomic mass is 9.89. The summed E-state index contributed by atoms with van der Waals surface area (Å²) < 4.78 is 7.36. The number of likely N-dealkylation sites (tertiary alicyclic amines) is 2. The number of benzene rings is 1.